The maximum absolute atomic E-state index is 12.0. The molecule has 4 heteroatoms. The Morgan fingerprint density at radius 1 is 1.16 bits per heavy atom. The summed E-state index contributed by atoms with van der Waals surface area (Å²) >= 11 is 0. The summed E-state index contributed by atoms with van der Waals surface area (Å²) in [5.74, 6) is 1.71. The van der Waals surface area contributed by atoms with Gasteiger partial charge in [0.05, 0.1) is 0 Å². The lowest BCUT2D eigenvalue weighted by Gasteiger charge is -2.29. The number of hydrogen-bond donors (Lipinski definition) is 2. The fourth-order valence-electron chi connectivity index (χ4n) is 3.56. The van der Waals surface area contributed by atoms with Crippen LogP contribution in [0, 0.1) is 11.8 Å². The third kappa shape index (κ3) is 5.70. The van der Waals surface area contributed by atoms with E-state index in [1.54, 1.807) is 0 Å². The van der Waals surface area contributed by atoms with Crippen LogP contribution in [-0.2, 0) is 4.79 Å². The summed E-state index contributed by atoms with van der Waals surface area (Å²) in [6.07, 6.45) is 10.1. The first kappa shape index (κ1) is 16.8. The van der Waals surface area contributed by atoms with Crippen LogP contribution in [0.3, 0.4) is 0 Å². The number of rotatable bonds is 3. The number of halogens is 1. The number of hydrogen-bond acceptors (Lipinski definition) is 2. The van der Waals surface area contributed by atoms with Crippen molar-refractivity contribution in [2.24, 2.45) is 17.6 Å². The van der Waals surface area contributed by atoms with E-state index in [9.17, 15) is 4.79 Å². The zero-order valence-corrected chi connectivity index (χ0v) is 12.9. The largest absolute Gasteiger partial charge is 0.353 e. The minimum absolute atomic E-state index is 0. The number of carbonyl (C=O) groups is 1. The van der Waals surface area contributed by atoms with Gasteiger partial charge >= 0.3 is 0 Å². The highest BCUT2D eigenvalue weighted by Gasteiger charge is 2.24. The highest BCUT2D eigenvalue weighted by atomic mass is 35.5. The summed E-state index contributed by atoms with van der Waals surface area (Å²) in [5.41, 5.74) is 5.88. The quantitative estimate of drug-likeness (QED) is 0.839. The van der Waals surface area contributed by atoms with E-state index in [0.717, 1.165) is 38.0 Å². The Balaban J connectivity index is 0.00000180. The second kappa shape index (κ2) is 8.11. The van der Waals surface area contributed by atoms with Gasteiger partial charge in [-0.3, -0.25) is 4.79 Å². The van der Waals surface area contributed by atoms with Gasteiger partial charge in [-0.15, -0.1) is 12.4 Å². The molecular weight excluding hydrogens is 260 g/mol. The van der Waals surface area contributed by atoms with E-state index in [2.05, 4.69) is 12.2 Å². The van der Waals surface area contributed by atoms with E-state index in [4.69, 9.17) is 5.73 Å². The van der Waals surface area contributed by atoms with Gasteiger partial charge in [0.1, 0.15) is 0 Å². The van der Waals surface area contributed by atoms with Crippen LogP contribution in [0.4, 0.5) is 0 Å². The Kier molecular flexibility index (Phi) is 7.16. The number of nitrogens with two attached hydrogens (primary N) is 1. The number of carbonyl (C=O) groups excluding carboxylic acids is 1. The molecule has 2 atom stereocenters. The van der Waals surface area contributed by atoms with E-state index in [1.807, 2.05) is 0 Å². The zero-order chi connectivity index (χ0) is 13.0. The van der Waals surface area contributed by atoms with Crippen molar-refractivity contribution in [3.63, 3.8) is 0 Å². The first-order valence-electron chi connectivity index (χ1n) is 7.68. The molecule has 3 N–H and O–H groups in total. The van der Waals surface area contributed by atoms with Crippen molar-refractivity contribution in [2.45, 2.75) is 76.8 Å². The van der Waals surface area contributed by atoms with Crippen LogP contribution in [0.5, 0.6) is 0 Å². The minimum Gasteiger partial charge on any atom is -0.353 e. The van der Waals surface area contributed by atoms with Crippen LogP contribution < -0.4 is 11.1 Å². The molecule has 2 saturated carbocycles. The number of nitrogens with one attached hydrogen (secondary N) is 1. The molecule has 19 heavy (non-hydrogen) atoms. The molecule has 2 unspecified atom stereocenters. The van der Waals surface area contributed by atoms with Crippen molar-refractivity contribution >= 4 is 18.3 Å². The zero-order valence-electron chi connectivity index (χ0n) is 12.1. The molecule has 0 heterocycles. The van der Waals surface area contributed by atoms with Gasteiger partial charge in [-0.2, -0.15) is 0 Å². The Labute approximate surface area is 123 Å². The van der Waals surface area contributed by atoms with Gasteiger partial charge in [0, 0.05) is 18.5 Å². The second-order valence-corrected chi connectivity index (χ2v) is 6.52. The Bertz CT molecular complexity index is 277. The molecule has 2 fully saturated rings. The third-order valence-electron chi connectivity index (χ3n) is 4.66. The molecule has 0 aromatic carbocycles. The van der Waals surface area contributed by atoms with E-state index in [1.165, 1.54) is 25.7 Å². The molecule has 0 aliphatic heterocycles. The summed E-state index contributed by atoms with van der Waals surface area (Å²) in [5, 5.41) is 3.21. The third-order valence-corrected chi connectivity index (χ3v) is 4.66. The first-order valence-corrected chi connectivity index (χ1v) is 7.68. The van der Waals surface area contributed by atoms with Gasteiger partial charge in [0.25, 0.3) is 0 Å². The Hall–Kier alpha value is -0.280. The maximum Gasteiger partial charge on any atom is 0.220 e. The van der Waals surface area contributed by atoms with Crippen LogP contribution >= 0.6 is 12.4 Å². The molecule has 1 amide bonds. The lowest BCUT2D eigenvalue weighted by molar-refractivity contribution is -0.123. The average Bonchev–Trinajstić information content (AvgIpc) is 2.32. The fraction of sp³-hybridized carbons (Fsp3) is 0.933. The summed E-state index contributed by atoms with van der Waals surface area (Å²) in [7, 11) is 0. The molecule has 112 valence electrons. The van der Waals surface area contributed by atoms with E-state index in [0.29, 0.717) is 18.0 Å². The van der Waals surface area contributed by atoms with Gasteiger partial charge in [0.2, 0.25) is 5.91 Å². The van der Waals surface area contributed by atoms with Gasteiger partial charge in [-0.25, -0.2) is 0 Å². The van der Waals surface area contributed by atoms with Gasteiger partial charge < -0.3 is 11.1 Å². The summed E-state index contributed by atoms with van der Waals surface area (Å²) in [6.45, 7) is 2.31. The van der Waals surface area contributed by atoms with Crippen LogP contribution in [0.25, 0.3) is 0 Å². The van der Waals surface area contributed by atoms with Crippen LogP contribution in [0.1, 0.15) is 64.7 Å². The molecule has 2 aliphatic rings. The highest BCUT2D eigenvalue weighted by Crippen LogP contribution is 2.30. The molecule has 0 aromatic rings. The molecule has 0 saturated heterocycles. The maximum atomic E-state index is 12.0. The normalized spacial score (nSPS) is 35.3. The van der Waals surface area contributed by atoms with Gasteiger partial charge in [-0.05, 0) is 50.4 Å². The van der Waals surface area contributed by atoms with E-state index >= 15 is 0 Å². The Morgan fingerprint density at radius 2 is 1.84 bits per heavy atom. The summed E-state index contributed by atoms with van der Waals surface area (Å²) < 4.78 is 0. The van der Waals surface area contributed by atoms with Crippen molar-refractivity contribution < 1.29 is 4.79 Å². The van der Waals surface area contributed by atoms with Crippen LogP contribution in [0.15, 0.2) is 0 Å². The SMILES string of the molecule is CC1CCCC(CC(=O)NC2CCC(N)CC2)C1.Cl. The predicted octanol–water partition coefficient (Wildman–Crippen LogP) is 3.01. The fourth-order valence-corrected chi connectivity index (χ4v) is 3.56. The van der Waals surface area contributed by atoms with Gasteiger partial charge in [-0.1, -0.05) is 19.8 Å². The molecule has 2 aliphatic carbocycles. The minimum atomic E-state index is 0. The smallest absolute Gasteiger partial charge is 0.220 e. The van der Waals surface area contributed by atoms with E-state index in [-0.39, 0.29) is 18.3 Å². The average molecular weight is 289 g/mol. The molecular formula is C15H29ClN2O. The lowest BCUT2D eigenvalue weighted by atomic mass is 9.80. The molecule has 0 bridgehead atoms. The van der Waals surface area contributed by atoms with Crippen molar-refractivity contribution in [1.29, 1.82) is 0 Å². The molecule has 0 radical (unpaired) electrons. The van der Waals surface area contributed by atoms with Crippen LogP contribution in [0.2, 0.25) is 0 Å². The Morgan fingerprint density at radius 3 is 2.47 bits per heavy atom. The number of amides is 1. The monoisotopic (exact) mass is 288 g/mol. The first-order chi connectivity index (χ1) is 8.63. The van der Waals surface area contributed by atoms with Crippen molar-refractivity contribution in [2.75, 3.05) is 0 Å². The lowest BCUT2D eigenvalue weighted by Crippen LogP contribution is -2.41. The van der Waals surface area contributed by atoms with Crippen molar-refractivity contribution in [3.05, 3.63) is 0 Å². The van der Waals surface area contributed by atoms with E-state index < -0.39 is 0 Å². The summed E-state index contributed by atoms with van der Waals surface area (Å²) in [6, 6.07) is 0.746. The predicted molar refractivity (Wildman–Crippen MR) is 81.4 cm³/mol. The summed E-state index contributed by atoms with van der Waals surface area (Å²) in [4.78, 5) is 12.0. The molecule has 0 spiro atoms. The van der Waals surface area contributed by atoms with Crippen molar-refractivity contribution in [1.82, 2.24) is 5.32 Å². The van der Waals surface area contributed by atoms with Gasteiger partial charge in [0.15, 0.2) is 0 Å². The highest BCUT2D eigenvalue weighted by molar-refractivity contribution is 5.85. The van der Waals surface area contributed by atoms with Crippen LogP contribution in [-0.4, -0.2) is 18.0 Å². The second-order valence-electron chi connectivity index (χ2n) is 6.52. The standard InChI is InChI=1S/C15H28N2O.ClH/c1-11-3-2-4-12(9-11)10-15(18)17-14-7-5-13(16)6-8-14;/h11-14H,2-10,16H2,1H3,(H,17,18);1H. The molecule has 3 nitrogen and oxygen atoms in total. The van der Waals surface area contributed by atoms with Crippen molar-refractivity contribution in [3.8, 4) is 0 Å². The topological polar surface area (TPSA) is 55.1 Å². The molecule has 2 rings (SSSR count). The molecule has 0 aromatic heterocycles.